The lowest BCUT2D eigenvalue weighted by Crippen LogP contribution is -3.00. The third kappa shape index (κ3) is 3.37. The van der Waals surface area contributed by atoms with Gasteiger partial charge < -0.3 is 17.0 Å². The zero-order valence-corrected chi connectivity index (χ0v) is 12.0. The first-order valence-electron chi connectivity index (χ1n) is 3.49. The molecule has 0 saturated carbocycles. The molecular weight excluding hydrogens is 399 g/mol. The fourth-order valence-electron chi connectivity index (χ4n) is 1.03. The van der Waals surface area contributed by atoms with E-state index in [2.05, 4.69) is 4.98 Å². The topological polar surface area (TPSA) is 82.5 Å². The van der Waals surface area contributed by atoms with Crippen LogP contribution in [0.4, 0.5) is 5.69 Å². The average Bonchev–Trinajstić information content (AvgIpc) is 2.01. The molecule has 5 nitrogen and oxygen atoms in total. The highest BCUT2D eigenvalue weighted by Gasteiger charge is 2.27. The predicted octanol–water partition coefficient (Wildman–Crippen LogP) is -0.665. The van der Waals surface area contributed by atoms with Crippen molar-refractivity contribution in [2.45, 2.75) is 11.8 Å². The summed E-state index contributed by atoms with van der Waals surface area (Å²) >= 11 is 1.91. The van der Waals surface area contributed by atoms with E-state index >= 15 is 0 Å². The Morgan fingerprint density at radius 2 is 2.00 bits per heavy atom. The Bertz CT molecular complexity index is 524. The van der Waals surface area contributed by atoms with Gasteiger partial charge in [0.2, 0.25) is 5.39 Å². The second-order valence-corrected chi connectivity index (χ2v) is 5.28. The van der Waals surface area contributed by atoms with Crippen LogP contribution in [0.15, 0.2) is 17.0 Å². The van der Waals surface area contributed by atoms with E-state index in [0.29, 0.717) is 9.13 Å². The average molecular weight is 405 g/mol. The molecular formula is C7H6BrIN2O3S. The van der Waals surface area contributed by atoms with Gasteiger partial charge in [0.05, 0.1) is 0 Å². The molecule has 8 heteroatoms. The van der Waals surface area contributed by atoms with Crippen molar-refractivity contribution in [1.82, 2.24) is 0 Å². The van der Waals surface area contributed by atoms with Gasteiger partial charge in [0, 0.05) is 9.13 Å². The van der Waals surface area contributed by atoms with E-state index in [0.717, 1.165) is 0 Å². The highest BCUT2D eigenvalue weighted by Crippen LogP contribution is 2.30. The first kappa shape index (κ1) is 14.8. The molecule has 0 bridgehead atoms. The third-order valence-electron chi connectivity index (χ3n) is 1.61. The van der Waals surface area contributed by atoms with E-state index in [-0.39, 0.29) is 27.6 Å². The van der Waals surface area contributed by atoms with Gasteiger partial charge in [0.15, 0.2) is 9.87 Å². The lowest BCUT2D eigenvalue weighted by Gasteiger charge is -1.96. The molecule has 0 aliphatic carbocycles. The quantitative estimate of drug-likeness (QED) is 0.382. The summed E-state index contributed by atoms with van der Waals surface area (Å²) in [4.78, 5) is 2.45. The SMILES string of the molecule is Cc1cc(I)cc(S(=O)(=O)O)c1[N+]#N.[Br-]. The molecule has 0 saturated heterocycles. The summed E-state index contributed by atoms with van der Waals surface area (Å²) in [6, 6.07) is 2.88. The number of nitrogens with zero attached hydrogens (tertiary/aromatic N) is 2. The molecule has 0 amide bonds. The lowest BCUT2D eigenvalue weighted by atomic mass is 10.2. The summed E-state index contributed by atoms with van der Waals surface area (Å²) in [6.07, 6.45) is 0. The van der Waals surface area contributed by atoms with Gasteiger partial charge in [-0.25, -0.2) is 0 Å². The van der Waals surface area contributed by atoms with Crippen molar-refractivity contribution >= 4 is 38.4 Å². The molecule has 0 fully saturated rings. The molecule has 15 heavy (non-hydrogen) atoms. The number of benzene rings is 1. The minimum atomic E-state index is -4.35. The largest absolute Gasteiger partial charge is 1.00 e. The summed E-state index contributed by atoms with van der Waals surface area (Å²) < 4.78 is 31.3. The molecule has 1 aromatic carbocycles. The van der Waals surface area contributed by atoms with Crippen molar-refractivity contribution in [3.05, 3.63) is 26.2 Å². The van der Waals surface area contributed by atoms with Crippen LogP contribution in [0.2, 0.25) is 0 Å². The van der Waals surface area contributed by atoms with Crippen LogP contribution in [0.1, 0.15) is 5.56 Å². The summed E-state index contributed by atoms with van der Waals surface area (Å²) in [5.74, 6) is 0. The lowest BCUT2D eigenvalue weighted by molar-refractivity contribution is -0.00000718. The highest BCUT2D eigenvalue weighted by molar-refractivity contribution is 14.1. The first-order chi connectivity index (χ1) is 6.36. The van der Waals surface area contributed by atoms with E-state index in [1.165, 1.54) is 6.07 Å². The number of hydrogen-bond acceptors (Lipinski definition) is 3. The Hall–Kier alpha value is -0.240. The van der Waals surface area contributed by atoms with Crippen LogP contribution >= 0.6 is 22.6 Å². The summed E-state index contributed by atoms with van der Waals surface area (Å²) in [5, 5.41) is 8.60. The first-order valence-corrected chi connectivity index (χ1v) is 6.01. The van der Waals surface area contributed by atoms with Crippen molar-refractivity contribution in [2.24, 2.45) is 0 Å². The van der Waals surface area contributed by atoms with Crippen LogP contribution in [0, 0.1) is 15.9 Å². The van der Waals surface area contributed by atoms with Crippen LogP contribution in [-0.2, 0) is 10.1 Å². The van der Waals surface area contributed by atoms with E-state index in [9.17, 15) is 8.42 Å². The summed E-state index contributed by atoms with van der Waals surface area (Å²) in [7, 11) is -4.35. The van der Waals surface area contributed by atoms with Crippen LogP contribution in [0.3, 0.4) is 0 Å². The number of halogens is 2. The maximum atomic E-state index is 10.9. The zero-order chi connectivity index (χ0) is 10.9. The predicted molar refractivity (Wildman–Crippen MR) is 58.5 cm³/mol. The Morgan fingerprint density at radius 3 is 2.40 bits per heavy atom. The molecule has 1 rings (SSSR count). The molecule has 0 atom stereocenters. The smallest absolute Gasteiger partial charge is 0.408 e. The number of diazo groups is 1. The minimum Gasteiger partial charge on any atom is -1.00 e. The Morgan fingerprint density at radius 1 is 1.47 bits per heavy atom. The number of aryl methyl sites for hydroxylation is 1. The van der Waals surface area contributed by atoms with Crippen molar-refractivity contribution in [3.63, 3.8) is 0 Å². The standard InChI is InChI=1S/C7H5IN2O3S.BrH/c1-4-2-5(8)3-6(7(4)10-9)14(11,12)13;/h2-3H,1H3;1H. The zero-order valence-electron chi connectivity index (χ0n) is 7.48. The van der Waals surface area contributed by atoms with Gasteiger partial charge in [0.25, 0.3) is 0 Å². The second-order valence-electron chi connectivity index (χ2n) is 2.64. The molecule has 82 valence electrons. The highest BCUT2D eigenvalue weighted by atomic mass is 127. The van der Waals surface area contributed by atoms with Gasteiger partial charge in [0.1, 0.15) is 0 Å². The molecule has 0 aliphatic heterocycles. The van der Waals surface area contributed by atoms with E-state index in [4.69, 9.17) is 9.95 Å². The van der Waals surface area contributed by atoms with Gasteiger partial charge >= 0.3 is 15.8 Å². The van der Waals surface area contributed by atoms with Crippen molar-refractivity contribution in [1.29, 1.82) is 5.39 Å². The van der Waals surface area contributed by atoms with Crippen molar-refractivity contribution in [3.8, 4) is 0 Å². The van der Waals surface area contributed by atoms with Gasteiger partial charge in [-0.05, 0) is 41.6 Å². The molecule has 1 aromatic rings. The number of rotatable bonds is 1. The minimum absolute atomic E-state index is 0. The van der Waals surface area contributed by atoms with Crippen molar-refractivity contribution in [2.75, 3.05) is 0 Å². The van der Waals surface area contributed by atoms with Crippen LogP contribution < -0.4 is 17.0 Å². The van der Waals surface area contributed by atoms with Crippen LogP contribution in [0.5, 0.6) is 0 Å². The maximum Gasteiger partial charge on any atom is 0.408 e. The van der Waals surface area contributed by atoms with Gasteiger partial charge in [-0.15, -0.1) is 0 Å². The third-order valence-corrected chi connectivity index (χ3v) is 3.10. The Kier molecular flexibility index (Phi) is 5.12. The van der Waals surface area contributed by atoms with E-state index in [1.54, 1.807) is 13.0 Å². The van der Waals surface area contributed by atoms with Crippen molar-refractivity contribution < 1.29 is 30.0 Å². The Balaban J connectivity index is 0.00000196. The molecule has 0 aliphatic rings. The normalized spacial score (nSPS) is 10.3. The molecule has 0 aromatic heterocycles. The molecule has 0 unspecified atom stereocenters. The van der Waals surface area contributed by atoms with Crippen LogP contribution in [-0.4, -0.2) is 13.0 Å². The molecule has 0 heterocycles. The van der Waals surface area contributed by atoms with E-state index in [1.807, 2.05) is 22.6 Å². The monoisotopic (exact) mass is 404 g/mol. The summed E-state index contributed by atoms with van der Waals surface area (Å²) in [5.41, 5.74) is 0.347. The molecule has 1 N–H and O–H groups in total. The van der Waals surface area contributed by atoms with Gasteiger partial charge in [-0.3, -0.25) is 4.55 Å². The molecule has 0 radical (unpaired) electrons. The van der Waals surface area contributed by atoms with E-state index < -0.39 is 10.1 Å². The summed E-state index contributed by atoms with van der Waals surface area (Å²) in [6.45, 7) is 1.59. The number of hydrogen-bond donors (Lipinski definition) is 1. The van der Waals surface area contributed by atoms with Gasteiger partial charge in [-0.2, -0.15) is 8.42 Å². The second kappa shape index (κ2) is 5.20. The fourth-order valence-corrected chi connectivity index (χ4v) is 2.74. The van der Waals surface area contributed by atoms with Crippen LogP contribution in [0.25, 0.3) is 4.98 Å². The Labute approximate surface area is 111 Å². The fraction of sp³-hybridized carbons (Fsp3) is 0.143. The molecule has 0 spiro atoms. The maximum absolute atomic E-state index is 10.9. The van der Waals surface area contributed by atoms with Gasteiger partial charge in [-0.1, -0.05) is 0 Å².